The van der Waals surface area contributed by atoms with Gasteiger partial charge in [0, 0.05) is 23.5 Å². The molecule has 3 rings (SSSR count). The second-order valence-electron chi connectivity index (χ2n) is 6.75. The highest BCUT2D eigenvalue weighted by atomic mass is 35.5. The van der Waals surface area contributed by atoms with E-state index in [1.807, 2.05) is 0 Å². The highest BCUT2D eigenvalue weighted by Crippen LogP contribution is 2.27. The Morgan fingerprint density at radius 2 is 1.82 bits per heavy atom. The summed E-state index contributed by atoms with van der Waals surface area (Å²) in [4.78, 5) is 26.4. The Hall–Kier alpha value is -3.35. The summed E-state index contributed by atoms with van der Waals surface area (Å²) in [5, 5.41) is 20.2. The maximum atomic E-state index is 12.8. The molecule has 1 heterocycles. The van der Waals surface area contributed by atoms with Crippen molar-refractivity contribution in [1.82, 2.24) is 0 Å². The zero-order valence-corrected chi connectivity index (χ0v) is 17.7. The van der Waals surface area contributed by atoms with Gasteiger partial charge in [-0.05, 0) is 48.5 Å². The van der Waals surface area contributed by atoms with Crippen LogP contribution in [0.15, 0.2) is 48.5 Å². The number of amides is 2. The smallest absolute Gasteiger partial charge is 0.406 e. The van der Waals surface area contributed by atoms with E-state index in [4.69, 9.17) is 15.9 Å². The fourth-order valence-electron chi connectivity index (χ4n) is 3.00. The summed E-state index contributed by atoms with van der Waals surface area (Å²) < 4.78 is 46.0. The minimum atomic E-state index is -4.84. The van der Waals surface area contributed by atoms with Gasteiger partial charge in [-0.3, -0.25) is 15.0 Å². The molecule has 9 nitrogen and oxygen atoms in total. The van der Waals surface area contributed by atoms with Gasteiger partial charge in [-0.2, -0.15) is 0 Å². The Bertz CT molecular complexity index is 1000. The van der Waals surface area contributed by atoms with Gasteiger partial charge in [0.15, 0.2) is 12.2 Å². The lowest BCUT2D eigenvalue weighted by Gasteiger charge is -2.34. The molecule has 1 aliphatic rings. The number of nitrogens with one attached hydrogen (secondary N) is 2. The standard InChI is InChI=1S/C20H19F3N4O5.ClH/c21-20(22,23)32-14-7-5-13(6-8-14)27-9-10-31-16(19(27)30)15(28)18(29)26-12-3-1-11(2-4-12)17(24)25;/h1-8,15-16,28H,9-10H2,(H3,24,25)(H,26,29);1H/t15-,16-;/m1./s1. The van der Waals surface area contributed by atoms with Crippen LogP contribution in [-0.2, 0) is 14.3 Å². The number of halogens is 4. The number of amidine groups is 1. The van der Waals surface area contributed by atoms with E-state index in [-0.39, 0.29) is 37.1 Å². The van der Waals surface area contributed by atoms with Crippen LogP contribution >= 0.6 is 12.4 Å². The monoisotopic (exact) mass is 488 g/mol. The number of morpholine rings is 1. The van der Waals surface area contributed by atoms with E-state index >= 15 is 0 Å². The molecule has 1 saturated heterocycles. The molecular weight excluding hydrogens is 469 g/mol. The largest absolute Gasteiger partial charge is 0.573 e. The van der Waals surface area contributed by atoms with E-state index in [1.165, 1.54) is 41.3 Å². The summed E-state index contributed by atoms with van der Waals surface area (Å²) in [7, 11) is 0. The zero-order chi connectivity index (χ0) is 23.5. The quantitative estimate of drug-likeness (QED) is 0.362. The number of carbonyl (C=O) groups is 2. The number of alkyl halides is 3. The third-order valence-corrected chi connectivity index (χ3v) is 4.52. The minimum Gasteiger partial charge on any atom is -0.406 e. The molecule has 0 bridgehead atoms. The second kappa shape index (κ2) is 10.5. The Morgan fingerprint density at radius 3 is 2.36 bits per heavy atom. The molecule has 2 aromatic rings. The Morgan fingerprint density at radius 1 is 1.21 bits per heavy atom. The molecule has 13 heteroatoms. The van der Waals surface area contributed by atoms with Crippen LogP contribution in [0.3, 0.4) is 0 Å². The Kier molecular flexibility index (Phi) is 8.25. The highest BCUT2D eigenvalue weighted by Gasteiger charge is 2.39. The van der Waals surface area contributed by atoms with E-state index < -0.39 is 36.1 Å². The van der Waals surface area contributed by atoms with Crippen LogP contribution in [0.4, 0.5) is 24.5 Å². The average Bonchev–Trinajstić information content (AvgIpc) is 2.73. The van der Waals surface area contributed by atoms with Gasteiger partial charge in [0.2, 0.25) is 0 Å². The van der Waals surface area contributed by atoms with Crippen molar-refractivity contribution >= 4 is 41.4 Å². The molecule has 2 amide bonds. The number of anilines is 2. The molecular formula is C20H20ClF3N4O5. The topological polar surface area (TPSA) is 138 Å². The number of nitrogens with zero attached hydrogens (tertiary/aromatic N) is 1. The van der Waals surface area contributed by atoms with E-state index in [2.05, 4.69) is 10.1 Å². The predicted molar refractivity (Wildman–Crippen MR) is 115 cm³/mol. The molecule has 0 saturated carbocycles. The van der Waals surface area contributed by atoms with Gasteiger partial charge < -0.3 is 30.5 Å². The maximum Gasteiger partial charge on any atom is 0.573 e. The van der Waals surface area contributed by atoms with Crippen LogP contribution in [0.2, 0.25) is 0 Å². The van der Waals surface area contributed by atoms with Crippen LogP contribution in [0.25, 0.3) is 0 Å². The van der Waals surface area contributed by atoms with Crippen LogP contribution in [0.5, 0.6) is 5.75 Å². The number of aliphatic hydroxyl groups excluding tert-OH is 1. The predicted octanol–water partition coefficient (Wildman–Crippen LogP) is 2.02. The molecule has 1 aliphatic heterocycles. The first kappa shape index (κ1) is 25.9. The normalized spacial score (nSPS) is 17.0. The first-order chi connectivity index (χ1) is 15.0. The van der Waals surface area contributed by atoms with Gasteiger partial charge in [0.25, 0.3) is 11.8 Å². The van der Waals surface area contributed by atoms with Crippen LogP contribution < -0.4 is 20.7 Å². The summed E-state index contributed by atoms with van der Waals surface area (Å²) in [6.45, 7) is 0.0739. The lowest BCUT2D eigenvalue weighted by Crippen LogP contribution is -2.55. The molecule has 0 aliphatic carbocycles. The van der Waals surface area contributed by atoms with Gasteiger partial charge in [-0.25, -0.2) is 0 Å². The lowest BCUT2D eigenvalue weighted by atomic mass is 10.1. The van der Waals surface area contributed by atoms with E-state index in [9.17, 15) is 27.9 Å². The maximum absolute atomic E-state index is 12.8. The van der Waals surface area contributed by atoms with Gasteiger partial charge in [0.05, 0.1) is 6.61 Å². The van der Waals surface area contributed by atoms with Gasteiger partial charge >= 0.3 is 6.36 Å². The number of rotatable bonds is 6. The van der Waals surface area contributed by atoms with Crippen LogP contribution in [0.1, 0.15) is 5.56 Å². The number of benzene rings is 2. The van der Waals surface area contributed by atoms with Crippen molar-refractivity contribution in [3.8, 4) is 5.75 Å². The summed E-state index contributed by atoms with van der Waals surface area (Å²) in [6, 6.07) is 10.6. The van der Waals surface area contributed by atoms with Crippen LogP contribution in [0, 0.1) is 5.41 Å². The SMILES string of the molecule is Cl.N=C(N)c1ccc(NC(=O)[C@H](O)[C@H]2OCCN(c3ccc(OC(F)(F)F)cc3)C2=O)cc1. The number of nitrogens with two attached hydrogens (primary N) is 1. The van der Waals surface area contributed by atoms with Crippen molar-refractivity contribution in [2.24, 2.45) is 5.73 Å². The number of nitrogen functional groups attached to an aromatic ring is 1. The molecule has 33 heavy (non-hydrogen) atoms. The third-order valence-electron chi connectivity index (χ3n) is 4.52. The molecule has 0 radical (unpaired) electrons. The number of hydrogen-bond donors (Lipinski definition) is 4. The van der Waals surface area contributed by atoms with Crippen molar-refractivity contribution < 1.29 is 37.3 Å². The van der Waals surface area contributed by atoms with Crippen LogP contribution in [-0.4, -0.2) is 54.5 Å². The number of carbonyl (C=O) groups excluding carboxylic acids is 2. The molecule has 0 spiro atoms. The molecule has 5 N–H and O–H groups in total. The second-order valence-corrected chi connectivity index (χ2v) is 6.75. The average molecular weight is 489 g/mol. The number of ether oxygens (including phenoxy) is 2. The summed E-state index contributed by atoms with van der Waals surface area (Å²) in [6.07, 6.45) is -8.19. The Balaban J connectivity index is 0.00000385. The molecule has 0 aromatic heterocycles. The van der Waals surface area contributed by atoms with Crippen molar-refractivity contribution in [3.63, 3.8) is 0 Å². The first-order valence-corrected chi connectivity index (χ1v) is 9.27. The number of aliphatic hydroxyl groups is 1. The van der Waals surface area contributed by atoms with Crippen molar-refractivity contribution in [3.05, 3.63) is 54.1 Å². The van der Waals surface area contributed by atoms with Crippen molar-refractivity contribution in [1.29, 1.82) is 5.41 Å². The van der Waals surface area contributed by atoms with Gasteiger partial charge in [0.1, 0.15) is 11.6 Å². The van der Waals surface area contributed by atoms with Gasteiger partial charge in [-0.15, -0.1) is 25.6 Å². The van der Waals surface area contributed by atoms with Crippen molar-refractivity contribution in [2.45, 2.75) is 18.6 Å². The van der Waals surface area contributed by atoms with E-state index in [1.54, 1.807) is 0 Å². The summed E-state index contributed by atoms with van der Waals surface area (Å²) in [5.74, 6) is -2.22. The molecule has 2 atom stereocenters. The molecule has 178 valence electrons. The minimum absolute atomic E-state index is 0. The molecule has 2 aromatic carbocycles. The number of hydrogen-bond acceptors (Lipinski definition) is 6. The van der Waals surface area contributed by atoms with E-state index in [0.29, 0.717) is 11.3 Å². The fraction of sp³-hybridized carbons (Fsp3) is 0.250. The highest BCUT2D eigenvalue weighted by molar-refractivity contribution is 6.04. The Labute approximate surface area is 192 Å². The van der Waals surface area contributed by atoms with Crippen molar-refractivity contribution in [2.75, 3.05) is 23.4 Å². The third kappa shape index (κ3) is 6.57. The first-order valence-electron chi connectivity index (χ1n) is 9.27. The molecule has 0 unspecified atom stereocenters. The zero-order valence-electron chi connectivity index (χ0n) is 16.8. The fourth-order valence-corrected chi connectivity index (χ4v) is 3.00. The summed E-state index contributed by atoms with van der Waals surface area (Å²) in [5.41, 5.74) is 6.36. The lowest BCUT2D eigenvalue weighted by molar-refractivity contribution is -0.274. The molecule has 1 fully saturated rings. The summed E-state index contributed by atoms with van der Waals surface area (Å²) >= 11 is 0. The van der Waals surface area contributed by atoms with Gasteiger partial charge in [-0.1, -0.05) is 0 Å². The van der Waals surface area contributed by atoms with E-state index in [0.717, 1.165) is 12.1 Å².